The normalized spacial score (nSPS) is 19.4. The molecule has 0 N–H and O–H groups in total. The molecule has 9 heteroatoms. The summed E-state index contributed by atoms with van der Waals surface area (Å²) in [6, 6.07) is 8.44. The molecule has 1 aromatic carbocycles. The van der Waals surface area contributed by atoms with Crippen molar-refractivity contribution in [2.75, 3.05) is 78.7 Å². The summed E-state index contributed by atoms with van der Waals surface area (Å²) in [4.78, 5) is 21.5. The molecule has 0 aromatic heterocycles. The number of rotatable bonds is 9. The Kier molecular flexibility index (Phi) is 9.34. The molecule has 0 bridgehead atoms. The molecule has 0 atom stereocenters. The number of benzene rings is 1. The zero-order valence-electron chi connectivity index (χ0n) is 18.9. The van der Waals surface area contributed by atoms with E-state index in [1.807, 2.05) is 4.90 Å². The molecule has 2 aliphatic heterocycles. The lowest BCUT2D eigenvalue weighted by molar-refractivity contribution is -0.174. The number of hydrogen-bond acceptors (Lipinski definition) is 5. The van der Waals surface area contributed by atoms with E-state index >= 15 is 0 Å². The van der Waals surface area contributed by atoms with Gasteiger partial charge in [-0.25, -0.2) is 0 Å². The van der Waals surface area contributed by atoms with Crippen LogP contribution in [-0.4, -0.2) is 110 Å². The van der Waals surface area contributed by atoms with Gasteiger partial charge < -0.3 is 14.5 Å². The molecule has 180 valence electrons. The molecule has 0 aliphatic carbocycles. The van der Waals surface area contributed by atoms with Gasteiger partial charge in [0.1, 0.15) is 6.61 Å². The van der Waals surface area contributed by atoms with Gasteiger partial charge in [-0.15, -0.1) is 0 Å². The van der Waals surface area contributed by atoms with Gasteiger partial charge in [0.25, 0.3) is 0 Å². The predicted molar refractivity (Wildman–Crippen MR) is 117 cm³/mol. The summed E-state index contributed by atoms with van der Waals surface area (Å²) in [6.07, 6.45) is -3.67. The standard InChI is InChI=1S/C23H35F3N4O2/c1-20-5-2-3-6-21(20)17-28-12-14-30(15-13-28)22(31)18-29-10-8-27(9-11-29)7-4-16-32-19-23(24,25)26/h2-3,5-6H,4,7-19H2,1H3. The van der Waals surface area contributed by atoms with Gasteiger partial charge in [0.05, 0.1) is 6.54 Å². The number of hydrogen-bond donors (Lipinski definition) is 0. The van der Waals surface area contributed by atoms with E-state index in [1.54, 1.807) is 0 Å². The van der Waals surface area contributed by atoms with Gasteiger partial charge in [-0.2, -0.15) is 13.2 Å². The van der Waals surface area contributed by atoms with Crippen molar-refractivity contribution in [3.8, 4) is 0 Å². The van der Waals surface area contributed by atoms with Crippen molar-refractivity contribution in [1.29, 1.82) is 0 Å². The Morgan fingerprint density at radius 3 is 2.22 bits per heavy atom. The van der Waals surface area contributed by atoms with Gasteiger partial charge in [-0.3, -0.25) is 14.6 Å². The molecule has 0 spiro atoms. The molecule has 6 nitrogen and oxygen atoms in total. The highest BCUT2D eigenvalue weighted by Crippen LogP contribution is 2.15. The highest BCUT2D eigenvalue weighted by atomic mass is 19.4. The molecule has 0 radical (unpaired) electrons. The van der Waals surface area contributed by atoms with Crippen molar-refractivity contribution in [1.82, 2.24) is 19.6 Å². The first-order valence-corrected chi connectivity index (χ1v) is 11.4. The molecule has 2 fully saturated rings. The van der Waals surface area contributed by atoms with Crippen molar-refractivity contribution in [3.63, 3.8) is 0 Å². The van der Waals surface area contributed by atoms with Crippen LogP contribution < -0.4 is 0 Å². The van der Waals surface area contributed by atoms with E-state index in [2.05, 4.69) is 50.6 Å². The average Bonchev–Trinajstić information content (AvgIpc) is 2.76. The molecule has 0 saturated carbocycles. The van der Waals surface area contributed by atoms with Crippen molar-refractivity contribution in [2.24, 2.45) is 0 Å². The maximum absolute atomic E-state index is 12.7. The third-order valence-corrected chi connectivity index (χ3v) is 6.23. The monoisotopic (exact) mass is 456 g/mol. The minimum atomic E-state index is -4.26. The van der Waals surface area contributed by atoms with Gasteiger partial charge in [-0.1, -0.05) is 24.3 Å². The summed E-state index contributed by atoms with van der Waals surface area (Å²) in [5, 5.41) is 0. The highest BCUT2D eigenvalue weighted by molar-refractivity contribution is 5.78. The first-order chi connectivity index (χ1) is 15.3. The van der Waals surface area contributed by atoms with Crippen LogP contribution in [-0.2, 0) is 16.1 Å². The number of amides is 1. The SMILES string of the molecule is Cc1ccccc1CN1CCN(C(=O)CN2CCN(CCCOCC(F)(F)F)CC2)CC1. The average molecular weight is 457 g/mol. The van der Waals surface area contributed by atoms with Crippen molar-refractivity contribution in [3.05, 3.63) is 35.4 Å². The van der Waals surface area contributed by atoms with Crippen LogP contribution in [0.25, 0.3) is 0 Å². The van der Waals surface area contributed by atoms with Crippen LogP contribution in [0.3, 0.4) is 0 Å². The molecular formula is C23H35F3N4O2. The van der Waals surface area contributed by atoms with E-state index in [9.17, 15) is 18.0 Å². The maximum atomic E-state index is 12.7. The summed E-state index contributed by atoms with van der Waals surface area (Å²) >= 11 is 0. The van der Waals surface area contributed by atoms with Gasteiger partial charge in [0.15, 0.2) is 0 Å². The first-order valence-electron chi connectivity index (χ1n) is 11.4. The Bertz CT molecular complexity index is 715. The Morgan fingerprint density at radius 1 is 0.938 bits per heavy atom. The van der Waals surface area contributed by atoms with Gasteiger partial charge in [-0.05, 0) is 24.5 Å². The summed E-state index contributed by atoms with van der Waals surface area (Å²) in [6.45, 7) is 9.77. The minimum absolute atomic E-state index is 0.119. The molecular weight excluding hydrogens is 421 g/mol. The number of aryl methyl sites for hydroxylation is 1. The summed E-state index contributed by atoms with van der Waals surface area (Å²) in [5.74, 6) is 0.189. The zero-order valence-corrected chi connectivity index (χ0v) is 18.9. The second kappa shape index (κ2) is 12.0. The number of alkyl halides is 3. The molecule has 2 heterocycles. The van der Waals surface area contributed by atoms with Crippen molar-refractivity contribution >= 4 is 5.91 Å². The van der Waals surface area contributed by atoms with Gasteiger partial charge >= 0.3 is 6.18 Å². The van der Waals surface area contributed by atoms with E-state index in [0.717, 1.165) is 65.4 Å². The Labute approximate surface area is 188 Å². The third kappa shape index (κ3) is 8.35. The first kappa shape index (κ1) is 25.0. The fourth-order valence-corrected chi connectivity index (χ4v) is 4.22. The highest BCUT2D eigenvalue weighted by Gasteiger charge is 2.27. The number of piperazine rings is 2. The lowest BCUT2D eigenvalue weighted by Gasteiger charge is -2.38. The zero-order chi connectivity index (χ0) is 23.0. The van der Waals surface area contributed by atoms with Crippen LogP contribution in [0.5, 0.6) is 0 Å². The van der Waals surface area contributed by atoms with E-state index in [0.29, 0.717) is 13.0 Å². The van der Waals surface area contributed by atoms with Crippen LogP contribution >= 0.6 is 0 Å². The minimum Gasteiger partial charge on any atom is -0.372 e. The second-order valence-electron chi connectivity index (χ2n) is 8.72. The smallest absolute Gasteiger partial charge is 0.372 e. The lowest BCUT2D eigenvalue weighted by atomic mass is 10.1. The Hall–Kier alpha value is -1.68. The molecule has 2 aliphatic rings. The predicted octanol–water partition coefficient (Wildman–Crippen LogP) is 2.23. The van der Waals surface area contributed by atoms with E-state index in [1.165, 1.54) is 11.1 Å². The topological polar surface area (TPSA) is 39.3 Å². The fraction of sp³-hybridized carbons (Fsp3) is 0.696. The molecule has 2 saturated heterocycles. The van der Waals surface area contributed by atoms with E-state index in [-0.39, 0.29) is 12.5 Å². The quantitative estimate of drug-likeness (QED) is 0.533. The summed E-state index contributed by atoms with van der Waals surface area (Å²) in [7, 11) is 0. The second-order valence-corrected chi connectivity index (χ2v) is 8.72. The van der Waals surface area contributed by atoms with Crippen molar-refractivity contribution in [2.45, 2.75) is 26.1 Å². The molecule has 3 rings (SSSR count). The largest absolute Gasteiger partial charge is 0.411 e. The molecule has 1 aromatic rings. The summed E-state index contributed by atoms with van der Waals surface area (Å²) in [5.41, 5.74) is 2.65. The molecule has 0 unspecified atom stereocenters. The fourth-order valence-electron chi connectivity index (χ4n) is 4.22. The Balaban J connectivity index is 1.28. The van der Waals surface area contributed by atoms with Crippen LogP contribution in [0, 0.1) is 6.92 Å². The number of nitrogens with zero attached hydrogens (tertiary/aromatic N) is 4. The van der Waals surface area contributed by atoms with E-state index < -0.39 is 12.8 Å². The van der Waals surface area contributed by atoms with Crippen LogP contribution in [0.15, 0.2) is 24.3 Å². The van der Waals surface area contributed by atoms with Crippen LogP contribution in [0.4, 0.5) is 13.2 Å². The van der Waals surface area contributed by atoms with Gasteiger partial charge in [0, 0.05) is 72.1 Å². The van der Waals surface area contributed by atoms with Crippen LogP contribution in [0.2, 0.25) is 0 Å². The number of carbonyl (C=O) groups is 1. The molecule has 1 amide bonds. The number of ether oxygens (including phenoxy) is 1. The van der Waals surface area contributed by atoms with Crippen molar-refractivity contribution < 1.29 is 22.7 Å². The Morgan fingerprint density at radius 2 is 1.56 bits per heavy atom. The number of carbonyl (C=O) groups excluding carboxylic acids is 1. The number of halogens is 3. The third-order valence-electron chi connectivity index (χ3n) is 6.23. The lowest BCUT2D eigenvalue weighted by Crippen LogP contribution is -2.53. The summed E-state index contributed by atoms with van der Waals surface area (Å²) < 4.78 is 40.9. The maximum Gasteiger partial charge on any atom is 0.411 e. The van der Waals surface area contributed by atoms with Gasteiger partial charge in [0.2, 0.25) is 5.91 Å². The van der Waals surface area contributed by atoms with Crippen LogP contribution in [0.1, 0.15) is 17.5 Å². The van der Waals surface area contributed by atoms with E-state index in [4.69, 9.17) is 0 Å². The molecule has 32 heavy (non-hydrogen) atoms.